The average molecular weight is 267 g/mol. The number of nitrogens with two attached hydrogens (primary N) is 1. The van der Waals surface area contributed by atoms with Gasteiger partial charge in [-0.1, -0.05) is 30.7 Å². The minimum absolute atomic E-state index is 0.0911. The van der Waals surface area contributed by atoms with Gasteiger partial charge in [-0.3, -0.25) is 9.69 Å². The van der Waals surface area contributed by atoms with Crippen LogP contribution in [-0.2, 0) is 4.79 Å². The summed E-state index contributed by atoms with van der Waals surface area (Å²) in [4.78, 5) is 13.5. The molecule has 98 valence electrons. The molecule has 18 heavy (non-hydrogen) atoms. The summed E-state index contributed by atoms with van der Waals surface area (Å²) in [6, 6.07) is 7.81. The van der Waals surface area contributed by atoms with Crippen LogP contribution in [0.4, 0.5) is 0 Å². The summed E-state index contributed by atoms with van der Waals surface area (Å²) in [5.74, 6) is 0.148. The minimum atomic E-state index is -0.203. The van der Waals surface area contributed by atoms with Gasteiger partial charge < -0.3 is 5.73 Å². The molecule has 0 unspecified atom stereocenters. The third kappa shape index (κ3) is 3.03. The molecule has 0 spiro atoms. The van der Waals surface area contributed by atoms with Crippen LogP contribution in [0.25, 0.3) is 0 Å². The highest BCUT2D eigenvalue weighted by Gasteiger charge is 2.29. The number of hydrogen-bond acceptors (Lipinski definition) is 2. The van der Waals surface area contributed by atoms with Crippen LogP contribution in [0.1, 0.15) is 31.2 Å². The van der Waals surface area contributed by atoms with Gasteiger partial charge in [-0.15, -0.1) is 0 Å². The summed E-state index contributed by atoms with van der Waals surface area (Å²) in [5.41, 5.74) is 6.63. The van der Waals surface area contributed by atoms with Gasteiger partial charge in [0.25, 0.3) is 0 Å². The second kappa shape index (κ2) is 5.72. The molecule has 1 aliphatic heterocycles. The first-order chi connectivity index (χ1) is 8.58. The second-order valence-electron chi connectivity index (χ2n) is 5.01. The van der Waals surface area contributed by atoms with Crippen molar-refractivity contribution >= 4 is 17.5 Å². The van der Waals surface area contributed by atoms with Gasteiger partial charge in [-0.05, 0) is 43.0 Å². The van der Waals surface area contributed by atoms with Crippen molar-refractivity contribution in [2.75, 3.05) is 13.1 Å². The fraction of sp³-hybridized carbons (Fsp3) is 0.500. The molecule has 1 aromatic carbocycles. The monoisotopic (exact) mass is 266 g/mol. The maximum Gasteiger partial charge on any atom is 0.234 e. The Hall–Kier alpha value is -1.06. The van der Waals surface area contributed by atoms with E-state index in [4.69, 9.17) is 17.3 Å². The molecule has 0 radical (unpaired) electrons. The van der Waals surface area contributed by atoms with Gasteiger partial charge in [0.1, 0.15) is 0 Å². The Balaban J connectivity index is 2.03. The van der Waals surface area contributed by atoms with E-state index in [-0.39, 0.29) is 11.9 Å². The fourth-order valence-electron chi connectivity index (χ4n) is 2.64. The minimum Gasteiger partial charge on any atom is -0.368 e. The Kier molecular flexibility index (Phi) is 4.25. The van der Waals surface area contributed by atoms with E-state index in [0.717, 1.165) is 31.0 Å². The summed E-state index contributed by atoms with van der Waals surface area (Å²) in [6.07, 6.45) is 1.94. The maximum atomic E-state index is 11.3. The van der Waals surface area contributed by atoms with E-state index >= 15 is 0 Å². The van der Waals surface area contributed by atoms with E-state index in [0.29, 0.717) is 5.92 Å². The number of halogens is 1. The van der Waals surface area contributed by atoms with Crippen molar-refractivity contribution in [3.63, 3.8) is 0 Å². The fourth-order valence-corrected chi connectivity index (χ4v) is 2.84. The van der Waals surface area contributed by atoms with Crippen LogP contribution in [0.2, 0.25) is 5.02 Å². The van der Waals surface area contributed by atoms with Crippen molar-refractivity contribution in [2.24, 2.45) is 5.73 Å². The van der Waals surface area contributed by atoms with E-state index in [1.165, 1.54) is 5.56 Å². The lowest BCUT2D eigenvalue weighted by Crippen LogP contribution is -2.41. The number of likely N-dealkylation sites (tertiary alicyclic amines) is 1. The van der Waals surface area contributed by atoms with Crippen LogP contribution in [-0.4, -0.2) is 29.9 Å². The Morgan fingerprint density at radius 3 is 3.06 bits per heavy atom. The van der Waals surface area contributed by atoms with Crippen molar-refractivity contribution in [3.05, 3.63) is 34.9 Å². The molecule has 1 aromatic rings. The summed E-state index contributed by atoms with van der Waals surface area (Å²) in [7, 11) is 0. The van der Waals surface area contributed by atoms with Crippen LogP contribution in [0.5, 0.6) is 0 Å². The highest BCUT2D eigenvalue weighted by Crippen LogP contribution is 2.24. The molecule has 0 aliphatic carbocycles. The number of nitrogens with zero attached hydrogens (tertiary/aromatic N) is 1. The first-order valence-electron chi connectivity index (χ1n) is 6.37. The molecule has 0 saturated carbocycles. The van der Waals surface area contributed by atoms with Gasteiger partial charge in [-0.25, -0.2) is 0 Å². The van der Waals surface area contributed by atoms with E-state index in [2.05, 4.69) is 17.9 Å². The Morgan fingerprint density at radius 2 is 2.39 bits per heavy atom. The standard InChI is InChI=1S/C14H19ClN2O/c1-10(11-4-2-5-12(15)8-11)9-17-7-3-6-13(17)14(16)18/h2,4-5,8,10,13H,3,6-7,9H2,1H3,(H2,16,18)/t10-,13+/m0/s1. The lowest BCUT2D eigenvalue weighted by atomic mass is 10.0. The maximum absolute atomic E-state index is 11.3. The van der Waals surface area contributed by atoms with Gasteiger partial charge in [0.05, 0.1) is 6.04 Å². The Morgan fingerprint density at radius 1 is 1.61 bits per heavy atom. The molecule has 1 saturated heterocycles. The number of amides is 1. The molecule has 1 aliphatic rings. The van der Waals surface area contributed by atoms with Gasteiger partial charge in [0.2, 0.25) is 5.91 Å². The molecule has 4 heteroatoms. The Bertz CT molecular complexity index is 436. The molecule has 2 N–H and O–H groups in total. The van der Waals surface area contributed by atoms with Crippen LogP contribution in [0, 0.1) is 0 Å². The number of carbonyl (C=O) groups excluding carboxylic acids is 1. The topological polar surface area (TPSA) is 46.3 Å². The third-order valence-corrected chi connectivity index (χ3v) is 3.85. The zero-order valence-electron chi connectivity index (χ0n) is 10.6. The smallest absolute Gasteiger partial charge is 0.234 e. The lowest BCUT2D eigenvalue weighted by molar-refractivity contribution is -0.122. The molecule has 0 bridgehead atoms. The Labute approximate surface area is 113 Å². The number of benzene rings is 1. The molecule has 0 aromatic heterocycles. The molecule has 1 amide bonds. The van der Waals surface area contributed by atoms with Gasteiger partial charge in [0.15, 0.2) is 0 Å². The van der Waals surface area contributed by atoms with E-state index < -0.39 is 0 Å². The number of carbonyl (C=O) groups is 1. The van der Waals surface area contributed by atoms with Crippen molar-refractivity contribution in [3.8, 4) is 0 Å². The molecule has 1 heterocycles. The second-order valence-corrected chi connectivity index (χ2v) is 5.45. The number of hydrogen-bond donors (Lipinski definition) is 1. The summed E-state index contributed by atoms with van der Waals surface area (Å²) in [6.45, 7) is 3.97. The van der Waals surface area contributed by atoms with Crippen LogP contribution >= 0.6 is 11.6 Å². The van der Waals surface area contributed by atoms with E-state index in [1.807, 2.05) is 18.2 Å². The largest absolute Gasteiger partial charge is 0.368 e. The average Bonchev–Trinajstić information content (AvgIpc) is 2.77. The van der Waals surface area contributed by atoms with Crippen LogP contribution < -0.4 is 5.73 Å². The molecule has 1 fully saturated rings. The lowest BCUT2D eigenvalue weighted by Gasteiger charge is -2.25. The SMILES string of the molecule is C[C@@H](CN1CCC[C@@H]1C(N)=O)c1cccc(Cl)c1. The zero-order valence-corrected chi connectivity index (χ0v) is 11.4. The predicted molar refractivity (Wildman–Crippen MR) is 73.7 cm³/mol. The van der Waals surface area contributed by atoms with E-state index in [1.54, 1.807) is 0 Å². The molecular formula is C14H19ClN2O. The molecule has 3 nitrogen and oxygen atoms in total. The van der Waals surface area contributed by atoms with Crippen LogP contribution in [0.3, 0.4) is 0 Å². The normalized spacial score (nSPS) is 22.0. The van der Waals surface area contributed by atoms with Crippen LogP contribution in [0.15, 0.2) is 24.3 Å². The molecule has 2 atom stereocenters. The van der Waals surface area contributed by atoms with Crippen molar-refractivity contribution in [2.45, 2.75) is 31.7 Å². The summed E-state index contributed by atoms with van der Waals surface area (Å²) < 4.78 is 0. The first kappa shape index (κ1) is 13.4. The zero-order chi connectivity index (χ0) is 13.1. The molecular weight excluding hydrogens is 248 g/mol. The van der Waals surface area contributed by atoms with Crippen molar-refractivity contribution < 1.29 is 4.79 Å². The number of rotatable bonds is 4. The summed E-state index contributed by atoms with van der Waals surface area (Å²) in [5, 5.41) is 0.757. The quantitative estimate of drug-likeness (QED) is 0.910. The first-order valence-corrected chi connectivity index (χ1v) is 6.74. The van der Waals surface area contributed by atoms with Crippen molar-refractivity contribution in [1.82, 2.24) is 4.90 Å². The predicted octanol–water partition coefficient (Wildman–Crippen LogP) is 2.39. The summed E-state index contributed by atoms with van der Waals surface area (Å²) >= 11 is 6.00. The van der Waals surface area contributed by atoms with Gasteiger partial charge in [-0.2, -0.15) is 0 Å². The number of primary amides is 1. The molecule has 2 rings (SSSR count). The van der Waals surface area contributed by atoms with Gasteiger partial charge >= 0.3 is 0 Å². The highest BCUT2D eigenvalue weighted by atomic mass is 35.5. The third-order valence-electron chi connectivity index (χ3n) is 3.62. The van der Waals surface area contributed by atoms with Gasteiger partial charge in [0, 0.05) is 11.6 Å². The highest BCUT2D eigenvalue weighted by molar-refractivity contribution is 6.30. The van der Waals surface area contributed by atoms with E-state index in [9.17, 15) is 4.79 Å². The van der Waals surface area contributed by atoms with Crippen molar-refractivity contribution in [1.29, 1.82) is 0 Å².